The highest BCUT2D eigenvalue weighted by Gasteiger charge is 2.56. The van der Waals surface area contributed by atoms with E-state index in [1.807, 2.05) is 6.07 Å². The third kappa shape index (κ3) is 2.94. The lowest BCUT2D eigenvalue weighted by atomic mass is 9.79. The first-order valence-electron chi connectivity index (χ1n) is 8.42. The maximum atomic E-state index is 13.1. The van der Waals surface area contributed by atoms with Crippen molar-refractivity contribution in [3.05, 3.63) is 53.1 Å². The topological polar surface area (TPSA) is 88.7 Å². The summed E-state index contributed by atoms with van der Waals surface area (Å²) in [5.41, 5.74) is 0.0157. The van der Waals surface area contributed by atoms with Crippen LogP contribution in [0.5, 0.6) is 11.5 Å². The van der Waals surface area contributed by atoms with Crippen molar-refractivity contribution in [1.82, 2.24) is 10.6 Å². The Bertz CT molecular complexity index is 935. The minimum absolute atomic E-state index is 0.300. The normalized spacial score (nSPS) is 25.4. The number of halogens is 1. The van der Waals surface area contributed by atoms with Gasteiger partial charge in [-0.05, 0) is 31.2 Å². The summed E-state index contributed by atoms with van der Waals surface area (Å²) in [5.74, 6) is 0.0294. The number of methoxy groups -OCH3 is 1. The summed E-state index contributed by atoms with van der Waals surface area (Å²) in [5, 5.41) is 8.93. The number of para-hydroxylation sites is 1. The second-order valence-corrected chi connectivity index (χ2v) is 7.08. The molecule has 2 aromatic carbocycles. The number of hydrogen-bond acceptors (Lipinski definition) is 4. The Morgan fingerprint density at radius 2 is 2.07 bits per heavy atom. The van der Waals surface area contributed by atoms with E-state index in [-0.39, 0.29) is 5.91 Å². The zero-order valence-corrected chi connectivity index (χ0v) is 15.5. The Balaban J connectivity index is 1.74. The van der Waals surface area contributed by atoms with Gasteiger partial charge in [0.2, 0.25) is 5.91 Å². The first kappa shape index (κ1) is 17.5. The van der Waals surface area contributed by atoms with Crippen molar-refractivity contribution in [1.29, 1.82) is 0 Å². The van der Waals surface area contributed by atoms with Crippen LogP contribution in [0.3, 0.4) is 0 Å². The average Bonchev–Trinajstić information content (AvgIpc) is 2.60. The van der Waals surface area contributed by atoms with Crippen LogP contribution in [0.2, 0.25) is 5.02 Å². The number of nitrogens with one attached hydrogen (secondary N) is 3. The Hall–Kier alpha value is -2.93. The Kier molecular flexibility index (Phi) is 4.11. The Labute approximate surface area is 161 Å². The maximum absolute atomic E-state index is 13.1. The number of carbonyl (C=O) groups is 2. The van der Waals surface area contributed by atoms with Crippen LogP contribution in [0.4, 0.5) is 10.5 Å². The zero-order chi connectivity index (χ0) is 19.2. The van der Waals surface area contributed by atoms with Gasteiger partial charge in [0.1, 0.15) is 5.92 Å². The molecule has 8 heteroatoms. The molecule has 4 rings (SSSR count). The van der Waals surface area contributed by atoms with Gasteiger partial charge in [-0.3, -0.25) is 10.1 Å². The molecule has 7 nitrogen and oxygen atoms in total. The van der Waals surface area contributed by atoms with Crippen LogP contribution in [-0.2, 0) is 4.79 Å². The van der Waals surface area contributed by atoms with Crippen molar-refractivity contribution >= 4 is 29.2 Å². The lowest BCUT2D eigenvalue weighted by Crippen LogP contribution is -2.70. The van der Waals surface area contributed by atoms with Crippen molar-refractivity contribution in [2.75, 3.05) is 12.4 Å². The number of ether oxygens (including phenoxy) is 2. The standard InChI is InChI=1S/C19H18ClN3O4/c1-19-14(17(24)21-11-6-3-5-10(20)9-11)15(22-18(25)23-19)12-7-4-8-13(26-2)16(12)27-19/h3-9,14-15H,1-2H3,(H,21,24)(H2,22,23,25)/t14-,15-,19-/m1/s1. The lowest BCUT2D eigenvalue weighted by Gasteiger charge is -2.49. The van der Waals surface area contributed by atoms with E-state index >= 15 is 0 Å². The molecule has 140 valence electrons. The number of amides is 3. The van der Waals surface area contributed by atoms with Gasteiger partial charge in [0, 0.05) is 16.3 Å². The molecule has 2 heterocycles. The summed E-state index contributed by atoms with van der Waals surface area (Å²) in [6.07, 6.45) is 0. The highest BCUT2D eigenvalue weighted by Crippen LogP contribution is 2.48. The SMILES string of the molecule is COc1cccc2c1O[C@@]1(C)NC(=O)N[C@H]2[C@@H]1C(=O)Nc1cccc(Cl)c1. The van der Waals surface area contributed by atoms with Gasteiger partial charge in [0.05, 0.1) is 13.2 Å². The van der Waals surface area contributed by atoms with E-state index in [2.05, 4.69) is 16.0 Å². The molecule has 2 aliphatic heterocycles. The Morgan fingerprint density at radius 3 is 2.81 bits per heavy atom. The molecule has 2 aliphatic rings. The van der Waals surface area contributed by atoms with E-state index in [1.54, 1.807) is 50.4 Å². The predicted molar refractivity (Wildman–Crippen MR) is 100 cm³/mol. The molecule has 2 aromatic rings. The number of anilines is 1. The number of urea groups is 1. The van der Waals surface area contributed by atoms with Crippen LogP contribution in [0.15, 0.2) is 42.5 Å². The van der Waals surface area contributed by atoms with E-state index in [0.717, 1.165) is 0 Å². The van der Waals surface area contributed by atoms with Gasteiger partial charge >= 0.3 is 6.03 Å². The van der Waals surface area contributed by atoms with Crippen LogP contribution in [0.1, 0.15) is 18.5 Å². The molecular formula is C19H18ClN3O4. The van der Waals surface area contributed by atoms with E-state index in [9.17, 15) is 9.59 Å². The third-order valence-electron chi connectivity index (χ3n) is 4.83. The number of hydrogen-bond donors (Lipinski definition) is 3. The fraction of sp³-hybridized carbons (Fsp3) is 0.263. The van der Waals surface area contributed by atoms with Gasteiger partial charge in [-0.15, -0.1) is 0 Å². The molecule has 0 unspecified atom stereocenters. The molecule has 2 bridgehead atoms. The van der Waals surface area contributed by atoms with E-state index in [0.29, 0.717) is 27.8 Å². The number of carbonyl (C=O) groups excluding carboxylic acids is 2. The fourth-order valence-electron chi connectivity index (χ4n) is 3.68. The summed E-state index contributed by atoms with van der Waals surface area (Å²) in [6, 6.07) is 11.3. The molecule has 0 aromatic heterocycles. The smallest absolute Gasteiger partial charge is 0.318 e. The number of fused-ring (bicyclic) bond motifs is 4. The fourth-order valence-corrected chi connectivity index (χ4v) is 3.87. The molecule has 3 atom stereocenters. The number of benzene rings is 2. The highest BCUT2D eigenvalue weighted by atomic mass is 35.5. The second-order valence-electron chi connectivity index (χ2n) is 6.64. The van der Waals surface area contributed by atoms with Crippen LogP contribution in [0, 0.1) is 5.92 Å². The maximum Gasteiger partial charge on any atom is 0.318 e. The molecular weight excluding hydrogens is 370 g/mol. The van der Waals surface area contributed by atoms with Gasteiger partial charge in [0.15, 0.2) is 17.2 Å². The van der Waals surface area contributed by atoms with Crippen molar-refractivity contribution in [2.24, 2.45) is 5.92 Å². The minimum atomic E-state index is -1.24. The van der Waals surface area contributed by atoms with Crippen LogP contribution in [0.25, 0.3) is 0 Å². The van der Waals surface area contributed by atoms with Crippen LogP contribution < -0.4 is 25.4 Å². The Morgan fingerprint density at radius 1 is 1.30 bits per heavy atom. The third-order valence-corrected chi connectivity index (χ3v) is 5.06. The molecule has 0 spiro atoms. The zero-order valence-electron chi connectivity index (χ0n) is 14.7. The van der Waals surface area contributed by atoms with Gasteiger partial charge in [-0.1, -0.05) is 29.8 Å². The summed E-state index contributed by atoms with van der Waals surface area (Å²) >= 11 is 6.00. The van der Waals surface area contributed by atoms with Crippen LogP contribution >= 0.6 is 11.6 Å². The molecule has 0 radical (unpaired) electrons. The molecule has 0 aliphatic carbocycles. The van der Waals surface area contributed by atoms with Crippen molar-refractivity contribution in [2.45, 2.75) is 18.7 Å². The first-order chi connectivity index (χ1) is 12.9. The van der Waals surface area contributed by atoms with Gasteiger partial charge in [-0.2, -0.15) is 0 Å². The molecule has 1 fully saturated rings. The molecule has 1 saturated heterocycles. The summed E-state index contributed by atoms with van der Waals surface area (Å²) in [7, 11) is 1.54. The van der Waals surface area contributed by atoms with Crippen LogP contribution in [-0.4, -0.2) is 24.8 Å². The summed E-state index contributed by atoms with van der Waals surface area (Å²) in [4.78, 5) is 25.2. The first-order valence-corrected chi connectivity index (χ1v) is 8.80. The molecule has 0 saturated carbocycles. The number of rotatable bonds is 3. The molecule has 3 amide bonds. The van der Waals surface area contributed by atoms with Crippen molar-refractivity contribution < 1.29 is 19.1 Å². The largest absolute Gasteiger partial charge is 0.493 e. The van der Waals surface area contributed by atoms with Gasteiger partial charge < -0.3 is 20.1 Å². The predicted octanol–water partition coefficient (Wildman–Crippen LogP) is 3.07. The monoisotopic (exact) mass is 387 g/mol. The van der Waals surface area contributed by atoms with Crippen molar-refractivity contribution in [3.63, 3.8) is 0 Å². The van der Waals surface area contributed by atoms with Crippen molar-refractivity contribution in [3.8, 4) is 11.5 Å². The summed E-state index contributed by atoms with van der Waals surface area (Å²) < 4.78 is 11.5. The summed E-state index contributed by atoms with van der Waals surface area (Å²) in [6.45, 7) is 1.68. The molecule has 27 heavy (non-hydrogen) atoms. The average molecular weight is 388 g/mol. The minimum Gasteiger partial charge on any atom is -0.493 e. The van der Waals surface area contributed by atoms with E-state index in [1.165, 1.54) is 0 Å². The van der Waals surface area contributed by atoms with E-state index < -0.39 is 23.7 Å². The second kappa shape index (κ2) is 6.35. The van der Waals surface area contributed by atoms with E-state index in [4.69, 9.17) is 21.1 Å². The van der Waals surface area contributed by atoms with Gasteiger partial charge in [0.25, 0.3) is 0 Å². The quantitative estimate of drug-likeness (QED) is 0.755. The molecule has 3 N–H and O–H groups in total. The van der Waals surface area contributed by atoms with Gasteiger partial charge in [-0.25, -0.2) is 4.79 Å². The lowest BCUT2D eigenvalue weighted by molar-refractivity contribution is -0.133. The highest BCUT2D eigenvalue weighted by molar-refractivity contribution is 6.30.